The number of nitrogens with zero attached hydrogens (tertiary/aromatic N) is 3. The molecule has 0 N–H and O–H groups in total. The normalized spacial score (nSPS) is 16.2. The number of aryl methyl sites for hydroxylation is 2. The summed E-state index contributed by atoms with van der Waals surface area (Å²) in [7, 11) is 0. The number of aromatic nitrogens is 2. The van der Waals surface area contributed by atoms with E-state index in [1.54, 1.807) is 0 Å². The Balaban J connectivity index is 2.07. The molecule has 0 unspecified atom stereocenters. The Labute approximate surface area is 119 Å². The number of hydrogen-bond acceptors (Lipinski definition) is 3. The van der Waals surface area contributed by atoms with Gasteiger partial charge < -0.3 is 0 Å². The van der Waals surface area contributed by atoms with E-state index in [9.17, 15) is 5.26 Å². The molecule has 1 aromatic carbocycles. The minimum atomic E-state index is -0.453. The summed E-state index contributed by atoms with van der Waals surface area (Å²) in [6.07, 6.45) is 2.84. The van der Waals surface area contributed by atoms with E-state index in [1.165, 1.54) is 5.56 Å². The standard InChI is InChI=1S/C17H17N3/c1-12-4-6-14(7-5-12)15-10-13(2)19-16(20-15)17(11-18)8-3-9-17/h4-7,10H,3,8-9H2,1-2H3. The largest absolute Gasteiger partial charge is 0.236 e. The molecule has 3 heteroatoms. The highest BCUT2D eigenvalue weighted by Crippen LogP contribution is 2.41. The highest BCUT2D eigenvalue weighted by Gasteiger charge is 2.42. The summed E-state index contributed by atoms with van der Waals surface area (Å²) >= 11 is 0. The molecule has 1 saturated carbocycles. The molecular formula is C17H17N3. The Kier molecular flexibility index (Phi) is 3.02. The van der Waals surface area contributed by atoms with Gasteiger partial charge in [0.05, 0.1) is 11.8 Å². The van der Waals surface area contributed by atoms with Crippen LogP contribution in [0.3, 0.4) is 0 Å². The van der Waals surface area contributed by atoms with E-state index >= 15 is 0 Å². The second kappa shape index (κ2) is 4.72. The van der Waals surface area contributed by atoms with Crippen LogP contribution in [0, 0.1) is 25.2 Å². The third-order valence-electron chi connectivity index (χ3n) is 4.05. The first-order valence-electron chi connectivity index (χ1n) is 6.97. The van der Waals surface area contributed by atoms with Crippen LogP contribution in [-0.4, -0.2) is 9.97 Å². The summed E-state index contributed by atoms with van der Waals surface area (Å²) in [5.41, 5.74) is 3.69. The van der Waals surface area contributed by atoms with Crippen molar-refractivity contribution < 1.29 is 0 Å². The van der Waals surface area contributed by atoms with E-state index in [1.807, 2.05) is 13.0 Å². The van der Waals surface area contributed by atoms with Crippen LogP contribution in [-0.2, 0) is 5.41 Å². The Morgan fingerprint density at radius 3 is 2.35 bits per heavy atom. The highest BCUT2D eigenvalue weighted by atomic mass is 14.9. The van der Waals surface area contributed by atoms with Gasteiger partial charge in [-0.25, -0.2) is 9.97 Å². The molecule has 1 heterocycles. The van der Waals surface area contributed by atoms with Gasteiger partial charge in [0, 0.05) is 11.3 Å². The predicted octanol–water partition coefficient (Wildman–Crippen LogP) is 3.71. The quantitative estimate of drug-likeness (QED) is 0.830. The van der Waals surface area contributed by atoms with Gasteiger partial charge in [-0.2, -0.15) is 5.26 Å². The smallest absolute Gasteiger partial charge is 0.149 e. The fourth-order valence-corrected chi connectivity index (χ4v) is 2.57. The summed E-state index contributed by atoms with van der Waals surface area (Å²) in [4.78, 5) is 9.17. The molecule has 0 spiro atoms. The molecule has 0 aliphatic heterocycles. The van der Waals surface area contributed by atoms with Crippen LogP contribution >= 0.6 is 0 Å². The fourth-order valence-electron chi connectivity index (χ4n) is 2.57. The first kappa shape index (κ1) is 12.8. The zero-order valence-electron chi connectivity index (χ0n) is 11.8. The van der Waals surface area contributed by atoms with E-state index in [-0.39, 0.29) is 0 Å². The summed E-state index contributed by atoms with van der Waals surface area (Å²) in [5, 5.41) is 9.45. The van der Waals surface area contributed by atoms with E-state index < -0.39 is 5.41 Å². The number of hydrogen-bond donors (Lipinski definition) is 0. The molecule has 0 radical (unpaired) electrons. The van der Waals surface area contributed by atoms with Crippen molar-refractivity contribution >= 4 is 0 Å². The molecule has 100 valence electrons. The van der Waals surface area contributed by atoms with Gasteiger partial charge in [-0.3, -0.25) is 0 Å². The van der Waals surface area contributed by atoms with Crippen LogP contribution in [0.5, 0.6) is 0 Å². The lowest BCUT2D eigenvalue weighted by Crippen LogP contribution is -2.34. The van der Waals surface area contributed by atoms with E-state index in [2.05, 4.69) is 47.2 Å². The lowest BCUT2D eigenvalue weighted by molar-refractivity contribution is 0.307. The maximum Gasteiger partial charge on any atom is 0.149 e. The van der Waals surface area contributed by atoms with E-state index in [0.29, 0.717) is 5.82 Å². The molecule has 1 aliphatic rings. The average molecular weight is 263 g/mol. The van der Waals surface area contributed by atoms with Crippen LogP contribution in [0.1, 0.15) is 36.3 Å². The lowest BCUT2D eigenvalue weighted by Gasteiger charge is -2.33. The molecule has 0 atom stereocenters. The molecule has 3 nitrogen and oxygen atoms in total. The molecule has 1 aliphatic carbocycles. The van der Waals surface area contributed by atoms with Crippen LogP contribution < -0.4 is 0 Å². The average Bonchev–Trinajstić information content (AvgIpc) is 2.38. The van der Waals surface area contributed by atoms with E-state index in [0.717, 1.165) is 36.2 Å². The molecule has 2 aromatic rings. The van der Waals surface area contributed by atoms with Crippen LogP contribution in [0.2, 0.25) is 0 Å². The Bertz CT molecular complexity index is 676. The molecule has 3 rings (SSSR count). The number of benzene rings is 1. The molecular weight excluding hydrogens is 246 g/mol. The maximum atomic E-state index is 9.45. The number of nitriles is 1. The minimum Gasteiger partial charge on any atom is -0.236 e. The summed E-state index contributed by atoms with van der Waals surface area (Å²) in [6, 6.07) is 12.7. The molecule has 1 fully saturated rings. The third kappa shape index (κ3) is 2.08. The van der Waals surface area contributed by atoms with Crippen molar-refractivity contribution in [3.05, 3.63) is 47.4 Å². The van der Waals surface area contributed by atoms with Gasteiger partial charge in [0.25, 0.3) is 0 Å². The summed E-state index contributed by atoms with van der Waals surface area (Å²) < 4.78 is 0. The van der Waals surface area contributed by atoms with Crippen molar-refractivity contribution in [1.82, 2.24) is 9.97 Å². The maximum absolute atomic E-state index is 9.45. The summed E-state index contributed by atoms with van der Waals surface area (Å²) in [6.45, 7) is 4.03. The highest BCUT2D eigenvalue weighted by molar-refractivity contribution is 5.60. The summed E-state index contributed by atoms with van der Waals surface area (Å²) in [5.74, 6) is 0.696. The van der Waals surface area contributed by atoms with Crippen LogP contribution in [0.15, 0.2) is 30.3 Å². The second-order valence-electron chi connectivity index (χ2n) is 5.63. The molecule has 0 amide bonds. The fraction of sp³-hybridized carbons (Fsp3) is 0.353. The van der Waals surface area contributed by atoms with Crippen LogP contribution in [0.25, 0.3) is 11.3 Å². The monoisotopic (exact) mass is 263 g/mol. The van der Waals surface area contributed by atoms with Gasteiger partial charge in [-0.1, -0.05) is 29.8 Å². The Morgan fingerprint density at radius 2 is 1.80 bits per heavy atom. The van der Waals surface area contributed by atoms with Crippen LogP contribution in [0.4, 0.5) is 0 Å². The van der Waals surface area contributed by atoms with Crippen molar-refractivity contribution in [2.75, 3.05) is 0 Å². The minimum absolute atomic E-state index is 0.453. The Hall–Kier alpha value is -2.21. The predicted molar refractivity (Wildman–Crippen MR) is 78.1 cm³/mol. The van der Waals surface area contributed by atoms with Gasteiger partial charge in [0.15, 0.2) is 0 Å². The van der Waals surface area contributed by atoms with Gasteiger partial charge in [-0.05, 0) is 39.2 Å². The van der Waals surface area contributed by atoms with Gasteiger partial charge in [0.1, 0.15) is 11.2 Å². The van der Waals surface area contributed by atoms with Crippen molar-refractivity contribution in [1.29, 1.82) is 5.26 Å². The van der Waals surface area contributed by atoms with Gasteiger partial charge in [0.2, 0.25) is 0 Å². The van der Waals surface area contributed by atoms with E-state index in [4.69, 9.17) is 0 Å². The van der Waals surface area contributed by atoms with Crippen molar-refractivity contribution in [3.8, 4) is 17.3 Å². The second-order valence-corrected chi connectivity index (χ2v) is 5.63. The zero-order valence-corrected chi connectivity index (χ0v) is 11.8. The molecule has 1 aromatic heterocycles. The van der Waals surface area contributed by atoms with Crippen molar-refractivity contribution in [2.45, 2.75) is 38.5 Å². The van der Waals surface area contributed by atoms with Gasteiger partial charge in [-0.15, -0.1) is 0 Å². The van der Waals surface area contributed by atoms with Crippen molar-refractivity contribution in [3.63, 3.8) is 0 Å². The third-order valence-corrected chi connectivity index (χ3v) is 4.05. The van der Waals surface area contributed by atoms with Gasteiger partial charge >= 0.3 is 0 Å². The number of rotatable bonds is 2. The SMILES string of the molecule is Cc1ccc(-c2cc(C)nc(C3(C#N)CCC3)n2)cc1. The lowest BCUT2D eigenvalue weighted by atomic mass is 9.69. The first-order valence-corrected chi connectivity index (χ1v) is 6.97. The molecule has 0 saturated heterocycles. The Morgan fingerprint density at radius 1 is 1.10 bits per heavy atom. The first-order chi connectivity index (χ1) is 9.63. The topological polar surface area (TPSA) is 49.6 Å². The zero-order chi connectivity index (χ0) is 14.2. The molecule has 0 bridgehead atoms. The van der Waals surface area contributed by atoms with Crippen molar-refractivity contribution in [2.24, 2.45) is 0 Å². The molecule has 20 heavy (non-hydrogen) atoms.